The molecule has 2 heterocycles. The van der Waals surface area contributed by atoms with E-state index in [9.17, 15) is 4.79 Å². The molecule has 5 heteroatoms. The lowest BCUT2D eigenvalue weighted by atomic mass is 10.2. The van der Waals surface area contributed by atoms with Gasteiger partial charge in [0.25, 0.3) is 5.91 Å². The Hall–Kier alpha value is -1.36. The zero-order valence-electron chi connectivity index (χ0n) is 13.0. The van der Waals surface area contributed by atoms with E-state index in [0.717, 1.165) is 38.2 Å². The Labute approximate surface area is 121 Å². The molecule has 0 saturated heterocycles. The van der Waals surface area contributed by atoms with Crippen LogP contribution in [0.3, 0.4) is 0 Å². The second-order valence-electron chi connectivity index (χ2n) is 5.95. The van der Waals surface area contributed by atoms with E-state index < -0.39 is 0 Å². The van der Waals surface area contributed by atoms with E-state index in [1.807, 2.05) is 24.6 Å². The first-order valence-corrected chi connectivity index (χ1v) is 7.63. The maximum Gasteiger partial charge on any atom is 0.271 e. The summed E-state index contributed by atoms with van der Waals surface area (Å²) in [7, 11) is 0. The highest BCUT2D eigenvalue weighted by Crippen LogP contribution is 2.17. The highest BCUT2D eigenvalue weighted by Gasteiger charge is 2.21. The SMILES string of the molecule is CCC(C)N1CCCn2nc(C(=O)NC(C)C)cc2C1. The molecule has 1 aliphatic heterocycles. The van der Waals surface area contributed by atoms with Crippen LogP contribution in [0.25, 0.3) is 0 Å². The molecule has 0 radical (unpaired) electrons. The average molecular weight is 278 g/mol. The summed E-state index contributed by atoms with van der Waals surface area (Å²) in [5, 5.41) is 7.36. The van der Waals surface area contributed by atoms with Crippen molar-refractivity contribution in [2.45, 2.75) is 65.7 Å². The standard InChI is InChI=1S/C15H26N4O/c1-5-12(4)18-7-6-8-19-13(10-18)9-14(17-19)15(20)16-11(2)3/h9,11-12H,5-8,10H2,1-4H3,(H,16,20). The molecule has 0 spiro atoms. The molecule has 0 fully saturated rings. The Kier molecular flexibility index (Phi) is 4.81. The summed E-state index contributed by atoms with van der Waals surface area (Å²) in [5.41, 5.74) is 1.69. The number of rotatable bonds is 4. The molecule has 0 saturated carbocycles. The van der Waals surface area contributed by atoms with Crippen LogP contribution in [0.15, 0.2) is 6.07 Å². The largest absolute Gasteiger partial charge is 0.348 e. The van der Waals surface area contributed by atoms with Gasteiger partial charge in [0.2, 0.25) is 0 Å². The summed E-state index contributed by atoms with van der Waals surface area (Å²) in [6, 6.07) is 2.66. The molecule has 0 aliphatic carbocycles. The van der Waals surface area contributed by atoms with Gasteiger partial charge in [0.15, 0.2) is 0 Å². The number of aromatic nitrogens is 2. The number of aryl methyl sites for hydroxylation is 1. The number of nitrogens with zero attached hydrogens (tertiary/aromatic N) is 3. The maximum absolute atomic E-state index is 12.0. The summed E-state index contributed by atoms with van der Waals surface area (Å²) in [6.07, 6.45) is 2.24. The minimum Gasteiger partial charge on any atom is -0.348 e. The first kappa shape index (κ1) is 15.0. The van der Waals surface area contributed by atoms with Crippen molar-refractivity contribution in [1.82, 2.24) is 20.0 Å². The van der Waals surface area contributed by atoms with Crippen molar-refractivity contribution in [2.24, 2.45) is 0 Å². The minimum absolute atomic E-state index is 0.0735. The second kappa shape index (κ2) is 6.39. The minimum atomic E-state index is -0.0735. The fourth-order valence-corrected chi connectivity index (χ4v) is 2.57. The first-order chi connectivity index (χ1) is 9.51. The number of amides is 1. The van der Waals surface area contributed by atoms with Crippen LogP contribution < -0.4 is 5.32 Å². The van der Waals surface area contributed by atoms with E-state index in [1.54, 1.807) is 0 Å². The van der Waals surface area contributed by atoms with E-state index in [0.29, 0.717) is 11.7 Å². The van der Waals surface area contributed by atoms with Crippen LogP contribution in [0.2, 0.25) is 0 Å². The average Bonchev–Trinajstić information content (AvgIpc) is 2.69. The van der Waals surface area contributed by atoms with Crippen LogP contribution in [-0.4, -0.2) is 39.2 Å². The molecule has 1 aromatic rings. The second-order valence-corrected chi connectivity index (χ2v) is 5.95. The third-order valence-electron chi connectivity index (χ3n) is 3.91. The van der Waals surface area contributed by atoms with E-state index >= 15 is 0 Å². The third-order valence-corrected chi connectivity index (χ3v) is 3.91. The summed E-state index contributed by atoms with van der Waals surface area (Å²) < 4.78 is 2.00. The third kappa shape index (κ3) is 3.39. The molecule has 5 nitrogen and oxygen atoms in total. The van der Waals surface area contributed by atoms with Gasteiger partial charge in [0, 0.05) is 31.7 Å². The van der Waals surface area contributed by atoms with Crippen LogP contribution in [0.1, 0.15) is 56.7 Å². The van der Waals surface area contributed by atoms with Gasteiger partial charge in [-0.05, 0) is 39.7 Å². The van der Waals surface area contributed by atoms with E-state index in [-0.39, 0.29) is 11.9 Å². The maximum atomic E-state index is 12.0. The monoisotopic (exact) mass is 278 g/mol. The highest BCUT2D eigenvalue weighted by molar-refractivity contribution is 5.92. The van der Waals surface area contributed by atoms with E-state index in [2.05, 4.69) is 29.2 Å². The smallest absolute Gasteiger partial charge is 0.271 e. The number of fused-ring (bicyclic) bond motifs is 1. The van der Waals surface area contributed by atoms with Crippen LogP contribution in [-0.2, 0) is 13.1 Å². The highest BCUT2D eigenvalue weighted by atomic mass is 16.2. The van der Waals surface area contributed by atoms with Crippen molar-refractivity contribution in [3.05, 3.63) is 17.5 Å². The summed E-state index contributed by atoms with van der Waals surface area (Å²) >= 11 is 0. The summed E-state index contributed by atoms with van der Waals surface area (Å²) in [5.74, 6) is -0.0735. The van der Waals surface area contributed by atoms with Crippen LogP contribution in [0.5, 0.6) is 0 Å². The molecular formula is C15H26N4O. The Morgan fingerprint density at radius 3 is 2.80 bits per heavy atom. The van der Waals surface area contributed by atoms with Crippen LogP contribution in [0.4, 0.5) is 0 Å². The van der Waals surface area contributed by atoms with Crippen molar-refractivity contribution < 1.29 is 4.79 Å². The number of carbonyl (C=O) groups excluding carboxylic acids is 1. The predicted molar refractivity (Wildman–Crippen MR) is 79.6 cm³/mol. The Morgan fingerprint density at radius 2 is 2.15 bits per heavy atom. The van der Waals surface area contributed by atoms with Gasteiger partial charge in [-0.15, -0.1) is 0 Å². The topological polar surface area (TPSA) is 50.2 Å². The molecule has 1 atom stereocenters. The fraction of sp³-hybridized carbons (Fsp3) is 0.733. The van der Waals surface area contributed by atoms with Gasteiger partial charge in [-0.3, -0.25) is 14.4 Å². The zero-order chi connectivity index (χ0) is 14.7. The lowest BCUT2D eigenvalue weighted by molar-refractivity contribution is 0.0937. The lowest BCUT2D eigenvalue weighted by Gasteiger charge is -2.26. The zero-order valence-corrected chi connectivity index (χ0v) is 13.0. The molecule has 112 valence electrons. The van der Waals surface area contributed by atoms with Gasteiger partial charge in [0.1, 0.15) is 5.69 Å². The number of nitrogens with one attached hydrogen (secondary N) is 1. The molecule has 0 bridgehead atoms. The fourth-order valence-electron chi connectivity index (χ4n) is 2.57. The first-order valence-electron chi connectivity index (χ1n) is 7.63. The molecule has 2 rings (SSSR count). The summed E-state index contributed by atoms with van der Waals surface area (Å²) in [4.78, 5) is 14.5. The van der Waals surface area contributed by atoms with E-state index in [1.165, 1.54) is 0 Å². The van der Waals surface area contributed by atoms with Gasteiger partial charge in [0.05, 0.1) is 5.69 Å². The molecular weight excluding hydrogens is 252 g/mol. The Balaban J connectivity index is 2.14. The predicted octanol–water partition coefficient (Wildman–Crippen LogP) is 2.03. The van der Waals surface area contributed by atoms with Crippen molar-refractivity contribution in [3.8, 4) is 0 Å². The van der Waals surface area contributed by atoms with Gasteiger partial charge in [-0.2, -0.15) is 5.10 Å². The Morgan fingerprint density at radius 1 is 1.40 bits per heavy atom. The Bertz CT molecular complexity index is 466. The van der Waals surface area contributed by atoms with Crippen molar-refractivity contribution in [2.75, 3.05) is 6.54 Å². The molecule has 1 N–H and O–H groups in total. The van der Waals surface area contributed by atoms with Crippen molar-refractivity contribution in [1.29, 1.82) is 0 Å². The number of hydrogen-bond acceptors (Lipinski definition) is 3. The van der Waals surface area contributed by atoms with E-state index in [4.69, 9.17) is 0 Å². The van der Waals surface area contributed by atoms with Gasteiger partial charge in [-0.1, -0.05) is 6.92 Å². The van der Waals surface area contributed by atoms with Crippen LogP contribution >= 0.6 is 0 Å². The molecule has 1 unspecified atom stereocenters. The van der Waals surface area contributed by atoms with Crippen molar-refractivity contribution in [3.63, 3.8) is 0 Å². The van der Waals surface area contributed by atoms with Crippen LogP contribution in [0, 0.1) is 0 Å². The normalized spacial score (nSPS) is 17.6. The molecule has 1 aromatic heterocycles. The molecule has 20 heavy (non-hydrogen) atoms. The lowest BCUT2D eigenvalue weighted by Crippen LogP contribution is -2.32. The summed E-state index contributed by atoms with van der Waals surface area (Å²) in [6.45, 7) is 11.3. The number of hydrogen-bond donors (Lipinski definition) is 1. The van der Waals surface area contributed by atoms with Gasteiger partial charge in [-0.25, -0.2) is 0 Å². The molecule has 0 aromatic carbocycles. The van der Waals surface area contributed by atoms with Gasteiger partial charge < -0.3 is 5.32 Å². The van der Waals surface area contributed by atoms with Gasteiger partial charge >= 0.3 is 0 Å². The van der Waals surface area contributed by atoms with Crippen molar-refractivity contribution >= 4 is 5.91 Å². The quantitative estimate of drug-likeness (QED) is 0.917. The molecule has 1 aliphatic rings. The number of carbonyl (C=O) groups is 1. The molecule has 1 amide bonds.